The SMILES string of the molecule is Cn1ccc2cc(C3(O)CC4CCCC(C3)N4)ccc21. The van der Waals surface area contributed by atoms with E-state index in [1.54, 1.807) is 0 Å². The largest absolute Gasteiger partial charge is 0.385 e. The molecule has 2 aromatic rings. The second-order valence-corrected chi connectivity index (χ2v) is 6.63. The Bertz CT molecular complexity index is 633. The van der Waals surface area contributed by atoms with E-state index in [-0.39, 0.29) is 0 Å². The molecule has 2 aliphatic rings. The van der Waals surface area contributed by atoms with Crippen molar-refractivity contribution >= 4 is 10.9 Å². The van der Waals surface area contributed by atoms with E-state index in [4.69, 9.17) is 0 Å². The molecule has 3 heteroatoms. The Morgan fingerprint density at radius 2 is 1.95 bits per heavy atom. The molecule has 106 valence electrons. The fraction of sp³-hybridized carbons (Fsp3) is 0.529. The molecule has 0 radical (unpaired) electrons. The zero-order valence-electron chi connectivity index (χ0n) is 12.0. The van der Waals surface area contributed by atoms with Gasteiger partial charge in [-0.3, -0.25) is 0 Å². The molecular weight excluding hydrogens is 248 g/mol. The average Bonchev–Trinajstić information content (AvgIpc) is 2.79. The molecule has 2 N–H and O–H groups in total. The third-order valence-corrected chi connectivity index (χ3v) is 5.17. The number of hydrogen-bond donors (Lipinski definition) is 2. The summed E-state index contributed by atoms with van der Waals surface area (Å²) in [6.07, 6.45) is 7.48. The van der Waals surface area contributed by atoms with Gasteiger partial charge in [0.15, 0.2) is 0 Å². The van der Waals surface area contributed by atoms with Gasteiger partial charge in [0.25, 0.3) is 0 Å². The van der Waals surface area contributed by atoms with Crippen molar-refractivity contribution in [3.8, 4) is 0 Å². The quantitative estimate of drug-likeness (QED) is 0.836. The second kappa shape index (κ2) is 4.34. The summed E-state index contributed by atoms with van der Waals surface area (Å²) in [6.45, 7) is 0. The van der Waals surface area contributed by atoms with Crippen LogP contribution in [0.5, 0.6) is 0 Å². The highest BCUT2D eigenvalue weighted by Gasteiger charge is 2.41. The van der Waals surface area contributed by atoms with Crippen LogP contribution >= 0.6 is 0 Å². The van der Waals surface area contributed by atoms with Gasteiger partial charge in [-0.05, 0) is 54.8 Å². The number of nitrogens with zero attached hydrogens (tertiary/aromatic N) is 1. The van der Waals surface area contributed by atoms with E-state index in [1.165, 1.54) is 30.2 Å². The number of rotatable bonds is 1. The fourth-order valence-electron chi connectivity index (χ4n) is 4.14. The number of fused-ring (bicyclic) bond motifs is 3. The normalized spacial score (nSPS) is 33.5. The van der Waals surface area contributed by atoms with E-state index in [1.807, 2.05) is 0 Å². The van der Waals surface area contributed by atoms with Crippen LogP contribution in [0.25, 0.3) is 10.9 Å². The maximum absolute atomic E-state index is 11.2. The van der Waals surface area contributed by atoms with Crippen LogP contribution in [0.1, 0.15) is 37.7 Å². The first kappa shape index (κ1) is 12.4. The van der Waals surface area contributed by atoms with Gasteiger partial charge < -0.3 is 15.0 Å². The lowest BCUT2D eigenvalue weighted by atomic mass is 9.74. The molecule has 2 unspecified atom stereocenters. The van der Waals surface area contributed by atoms with E-state index >= 15 is 0 Å². The third-order valence-electron chi connectivity index (χ3n) is 5.17. The number of piperidine rings is 2. The van der Waals surface area contributed by atoms with Crippen LogP contribution in [-0.4, -0.2) is 21.8 Å². The molecule has 1 aromatic heterocycles. The number of hydrogen-bond acceptors (Lipinski definition) is 2. The van der Waals surface area contributed by atoms with E-state index in [0.717, 1.165) is 18.4 Å². The predicted octanol–water partition coefficient (Wildman–Crippen LogP) is 2.67. The zero-order valence-corrected chi connectivity index (χ0v) is 12.0. The standard InChI is InChI=1S/C17H22N2O/c1-19-8-7-12-9-13(5-6-16(12)19)17(20)10-14-3-2-4-15(11-17)18-14/h5-9,14-15,18,20H,2-4,10-11H2,1H3. The minimum atomic E-state index is -0.648. The predicted molar refractivity (Wildman–Crippen MR) is 80.6 cm³/mol. The van der Waals surface area contributed by atoms with Gasteiger partial charge in [-0.15, -0.1) is 0 Å². The fourth-order valence-corrected chi connectivity index (χ4v) is 4.14. The molecule has 2 atom stereocenters. The molecule has 2 fully saturated rings. The molecule has 3 nitrogen and oxygen atoms in total. The summed E-state index contributed by atoms with van der Waals surface area (Å²) in [5.74, 6) is 0. The van der Waals surface area contributed by atoms with Crippen LogP contribution in [-0.2, 0) is 12.6 Å². The smallest absolute Gasteiger partial charge is 0.0926 e. The Morgan fingerprint density at radius 1 is 1.20 bits per heavy atom. The minimum Gasteiger partial charge on any atom is -0.385 e. The molecule has 4 rings (SSSR count). The summed E-state index contributed by atoms with van der Waals surface area (Å²) < 4.78 is 2.13. The van der Waals surface area contributed by atoms with Crippen LogP contribution in [0.3, 0.4) is 0 Å². The van der Waals surface area contributed by atoms with Crippen molar-refractivity contribution < 1.29 is 5.11 Å². The summed E-state index contributed by atoms with van der Waals surface area (Å²) in [5, 5.41) is 16.0. The van der Waals surface area contributed by atoms with Crippen LogP contribution in [0.4, 0.5) is 0 Å². The molecule has 3 heterocycles. The topological polar surface area (TPSA) is 37.2 Å². The van der Waals surface area contributed by atoms with Gasteiger partial charge in [-0.2, -0.15) is 0 Å². The van der Waals surface area contributed by atoms with E-state index in [2.05, 4.69) is 47.4 Å². The number of aliphatic hydroxyl groups is 1. The molecule has 0 aliphatic carbocycles. The Kier molecular flexibility index (Phi) is 2.69. The number of benzene rings is 1. The second-order valence-electron chi connectivity index (χ2n) is 6.63. The zero-order chi connectivity index (χ0) is 13.7. The van der Waals surface area contributed by atoms with Crippen LogP contribution in [0.15, 0.2) is 30.5 Å². The molecule has 20 heavy (non-hydrogen) atoms. The van der Waals surface area contributed by atoms with Gasteiger partial charge in [-0.25, -0.2) is 0 Å². The molecular formula is C17H22N2O. The first-order valence-corrected chi connectivity index (χ1v) is 7.68. The van der Waals surface area contributed by atoms with Gasteiger partial charge >= 0.3 is 0 Å². The highest BCUT2D eigenvalue weighted by molar-refractivity contribution is 5.81. The van der Waals surface area contributed by atoms with Gasteiger partial charge in [0.05, 0.1) is 5.60 Å². The van der Waals surface area contributed by atoms with Crippen molar-refractivity contribution in [2.45, 2.75) is 49.8 Å². The lowest BCUT2D eigenvalue weighted by molar-refractivity contribution is -0.0357. The summed E-state index contributed by atoms with van der Waals surface area (Å²) >= 11 is 0. The lowest BCUT2D eigenvalue weighted by Crippen LogP contribution is -2.54. The molecule has 2 bridgehead atoms. The molecule has 0 amide bonds. The maximum atomic E-state index is 11.2. The number of aromatic nitrogens is 1. The summed E-state index contributed by atoms with van der Waals surface area (Å²) in [5.41, 5.74) is 1.67. The van der Waals surface area contributed by atoms with Crippen molar-refractivity contribution in [2.75, 3.05) is 0 Å². The van der Waals surface area contributed by atoms with Gasteiger partial charge in [0.2, 0.25) is 0 Å². The van der Waals surface area contributed by atoms with Crippen LogP contribution in [0, 0.1) is 0 Å². The molecule has 2 saturated heterocycles. The van der Waals surface area contributed by atoms with Crippen molar-refractivity contribution in [2.24, 2.45) is 7.05 Å². The third kappa shape index (κ3) is 1.88. The lowest BCUT2D eigenvalue weighted by Gasteiger charge is -2.45. The van der Waals surface area contributed by atoms with Crippen molar-refractivity contribution in [1.29, 1.82) is 0 Å². The summed E-state index contributed by atoms with van der Waals surface area (Å²) in [4.78, 5) is 0. The first-order valence-electron chi connectivity index (χ1n) is 7.68. The van der Waals surface area contributed by atoms with Crippen molar-refractivity contribution in [1.82, 2.24) is 9.88 Å². The van der Waals surface area contributed by atoms with E-state index in [0.29, 0.717) is 12.1 Å². The summed E-state index contributed by atoms with van der Waals surface area (Å²) in [7, 11) is 2.06. The van der Waals surface area contributed by atoms with Crippen LogP contribution in [0.2, 0.25) is 0 Å². The minimum absolute atomic E-state index is 0.485. The number of nitrogens with one attached hydrogen (secondary N) is 1. The molecule has 1 aromatic carbocycles. The number of aryl methyl sites for hydroxylation is 1. The van der Waals surface area contributed by atoms with E-state index in [9.17, 15) is 5.11 Å². The Balaban J connectivity index is 1.73. The Morgan fingerprint density at radius 3 is 2.70 bits per heavy atom. The highest BCUT2D eigenvalue weighted by atomic mass is 16.3. The van der Waals surface area contributed by atoms with Crippen LogP contribution < -0.4 is 5.32 Å². The summed E-state index contributed by atoms with van der Waals surface area (Å²) in [6, 6.07) is 9.53. The van der Waals surface area contributed by atoms with Crippen molar-refractivity contribution in [3.05, 3.63) is 36.0 Å². The van der Waals surface area contributed by atoms with E-state index < -0.39 is 5.60 Å². The Labute approximate surface area is 119 Å². The Hall–Kier alpha value is -1.32. The average molecular weight is 270 g/mol. The molecule has 2 aliphatic heterocycles. The van der Waals surface area contributed by atoms with Crippen molar-refractivity contribution in [3.63, 3.8) is 0 Å². The molecule has 0 spiro atoms. The first-order chi connectivity index (χ1) is 9.64. The van der Waals surface area contributed by atoms with Gasteiger partial charge in [0.1, 0.15) is 0 Å². The van der Waals surface area contributed by atoms with Gasteiger partial charge in [-0.1, -0.05) is 12.5 Å². The highest BCUT2D eigenvalue weighted by Crippen LogP contribution is 2.40. The monoisotopic (exact) mass is 270 g/mol. The molecule has 0 saturated carbocycles. The maximum Gasteiger partial charge on any atom is 0.0926 e. The van der Waals surface area contributed by atoms with Gasteiger partial charge in [0, 0.05) is 30.8 Å².